The van der Waals surface area contributed by atoms with E-state index in [-0.39, 0.29) is 0 Å². The van der Waals surface area contributed by atoms with Crippen LogP contribution in [0, 0.1) is 10.7 Å². The summed E-state index contributed by atoms with van der Waals surface area (Å²) >= 11 is 5.27. The second kappa shape index (κ2) is 5.21. The summed E-state index contributed by atoms with van der Waals surface area (Å²) in [4.78, 5) is 2.24. The highest BCUT2D eigenvalue weighted by molar-refractivity contribution is 7.71. The Morgan fingerprint density at radius 3 is 2.71 bits per heavy atom. The van der Waals surface area contributed by atoms with E-state index in [2.05, 4.69) is 40.6 Å². The number of rotatable bonds is 4. The fraction of sp³-hybridized carbons (Fsp3) is 0.833. The zero-order chi connectivity index (χ0) is 12.4. The molecule has 0 spiro atoms. The zero-order valence-electron chi connectivity index (χ0n) is 10.9. The molecule has 0 radical (unpaired) electrons. The Labute approximate surface area is 108 Å². The third kappa shape index (κ3) is 2.70. The molecular weight excluding hydrogens is 232 g/mol. The van der Waals surface area contributed by atoms with E-state index < -0.39 is 0 Å². The van der Waals surface area contributed by atoms with Crippen molar-refractivity contribution < 1.29 is 0 Å². The molecular formula is C12H22N4S. The van der Waals surface area contributed by atoms with Crippen LogP contribution in [0.3, 0.4) is 0 Å². The lowest BCUT2D eigenvalue weighted by Gasteiger charge is -2.23. The van der Waals surface area contributed by atoms with Crippen molar-refractivity contribution in [2.24, 2.45) is 5.92 Å². The molecule has 5 heteroatoms. The van der Waals surface area contributed by atoms with Crippen LogP contribution in [0.1, 0.15) is 45.6 Å². The second-order valence-electron chi connectivity index (χ2n) is 5.32. The minimum absolute atomic E-state index is 0.349. The van der Waals surface area contributed by atoms with E-state index in [0.29, 0.717) is 10.8 Å². The van der Waals surface area contributed by atoms with Crippen LogP contribution in [0.25, 0.3) is 0 Å². The van der Waals surface area contributed by atoms with Gasteiger partial charge in [0.2, 0.25) is 5.95 Å². The highest BCUT2D eigenvalue weighted by Gasteiger charge is 2.20. The van der Waals surface area contributed by atoms with Crippen LogP contribution < -0.4 is 4.90 Å². The molecule has 1 aliphatic carbocycles. The van der Waals surface area contributed by atoms with Gasteiger partial charge in [0.1, 0.15) is 0 Å². The number of anilines is 1. The Morgan fingerprint density at radius 1 is 1.47 bits per heavy atom. The summed E-state index contributed by atoms with van der Waals surface area (Å²) < 4.78 is 2.80. The highest BCUT2D eigenvalue weighted by Crippen LogP contribution is 2.27. The van der Waals surface area contributed by atoms with Crippen LogP contribution in [0.2, 0.25) is 0 Å². The Kier molecular flexibility index (Phi) is 3.86. The van der Waals surface area contributed by atoms with E-state index in [4.69, 9.17) is 12.2 Å². The number of nitrogens with zero attached hydrogens (tertiary/aromatic N) is 3. The van der Waals surface area contributed by atoms with Gasteiger partial charge in [-0.1, -0.05) is 12.8 Å². The number of hydrogen-bond donors (Lipinski definition) is 1. The number of H-pyrrole nitrogens is 1. The van der Waals surface area contributed by atoms with Crippen molar-refractivity contribution in [3.8, 4) is 0 Å². The molecule has 1 aromatic heterocycles. The van der Waals surface area contributed by atoms with Gasteiger partial charge < -0.3 is 4.90 Å². The van der Waals surface area contributed by atoms with Crippen molar-refractivity contribution in [3.63, 3.8) is 0 Å². The molecule has 0 saturated heterocycles. The van der Waals surface area contributed by atoms with Crippen LogP contribution in [-0.4, -0.2) is 28.4 Å². The van der Waals surface area contributed by atoms with Crippen molar-refractivity contribution in [3.05, 3.63) is 4.77 Å². The topological polar surface area (TPSA) is 36.9 Å². The molecule has 17 heavy (non-hydrogen) atoms. The minimum Gasteiger partial charge on any atom is -0.344 e. The van der Waals surface area contributed by atoms with E-state index in [1.54, 1.807) is 0 Å². The average molecular weight is 254 g/mol. The summed E-state index contributed by atoms with van der Waals surface area (Å²) in [6.45, 7) is 5.36. The van der Waals surface area contributed by atoms with E-state index in [1.807, 2.05) is 0 Å². The molecule has 1 N–H and O–H groups in total. The first-order chi connectivity index (χ1) is 8.09. The normalized spacial score (nSPS) is 16.9. The Balaban J connectivity index is 2.12. The summed E-state index contributed by atoms with van der Waals surface area (Å²) in [7, 11) is 2.11. The molecule has 1 fully saturated rings. The Hall–Kier alpha value is -0.840. The highest BCUT2D eigenvalue weighted by atomic mass is 32.1. The van der Waals surface area contributed by atoms with Crippen molar-refractivity contribution in [2.45, 2.75) is 45.6 Å². The lowest BCUT2D eigenvalue weighted by molar-refractivity contribution is 0.524. The molecule has 2 rings (SSSR count). The summed E-state index contributed by atoms with van der Waals surface area (Å²) in [5.41, 5.74) is 0. The van der Waals surface area contributed by atoms with Gasteiger partial charge in [0.15, 0.2) is 4.77 Å². The standard InChI is InChI=1S/C12H22N4S/c1-9(2)16-11(13-14-12(16)17)15(3)8-10-6-4-5-7-10/h9-10H,4-8H2,1-3H3,(H,14,17). The third-order valence-corrected chi connectivity index (χ3v) is 3.84. The molecule has 1 heterocycles. The molecule has 96 valence electrons. The van der Waals surface area contributed by atoms with E-state index in [9.17, 15) is 0 Å². The fourth-order valence-electron chi connectivity index (χ4n) is 2.69. The zero-order valence-corrected chi connectivity index (χ0v) is 11.8. The molecule has 4 nitrogen and oxygen atoms in total. The smallest absolute Gasteiger partial charge is 0.225 e. The van der Waals surface area contributed by atoms with Crippen molar-refractivity contribution in [2.75, 3.05) is 18.5 Å². The SMILES string of the molecule is CC(C)n1c(N(C)CC2CCCC2)n[nH]c1=S. The van der Waals surface area contributed by atoms with Crippen molar-refractivity contribution in [1.82, 2.24) is 14.8 Å². The number of aromatic amines is 1. The number of aromatic nitrogens is 3. The minimum atomic E-state index is 0.349. The van der Waals surface area contributed by atoms with Gasteiger partial charge >= 0.3 is 0 Å². The van der Waals surface area contributed by atoms with Gasteiger partial charge in [-0.05, 0) is 44.8 Å². The molecule has 0 bridgehead atoms. The Morgan fingerprint density at radius 2 is 2.12 bits per heavy atom. The lowest BCUT2D eigenvalue weighted by atomic mass is 10.1. The Bertz CT molecular complexity index is 414. The first-order valence-corrected chi connectivity index (χ1v) is 6.88. The second-order valence-corrected chi connectivity index (χ2v) is 5.71. The van der Waals surface area contributed by atoms with E-state index in [0.717, 1.165) is 18.4 Å². The summed E-state index contributed by atoms with van der Waals surface area (Å²) in [5, 5.41) is 7.25. The van der Waals surface area contributed by atoms with Gasteiger partial charge in [0, 0.05) is 19.6 Å². The summed E-state index contributed by atoms with van der Waals surface area (Å²) in [5.74, 6) is 1.79. The largest absolute Gasteiger partial charge is 0.344 e. The van der Waals surface area contributed by atoms with Gasteiger partial charge in [-0.25, -0.2) is 5.10 Å². The molecule has 0 atom stereocenters. The van der Waals surface area contributed by atoms with Crippen LogP contribution in [0.5, 0.6) is 0 Å². The quantitative estimate of drug-likeness (QED) is 0.839. The van der Waals surface area contributed by atoms with Gasteiger partial charge in [-0.2, -0.15) is 0 Å². The number of hydrogen-bond acceptors (Lipinski definition) is 3. The molecule has 1 saturated carbocycles. The maximum atomic E-state index is 5.27. The predicted molar refractivity (Wildman–Crippen MR) is 73.0 cm³/mol. The predicted octanol–water partition coefficient (Wildman–Crippen LogP) is 3.15. The lowest BCUT2D eigenvalue weighted by Crippen LogP contribution is -2.27. The fourth-order valence-corrected chi connectivity index (χ4v) is 3.03. The summed E-state index contributed by atoms with van der Waals surface area (Å²) in [6, 6.07) is 0.349. The molecule has 1 aliphatic rings. The molecule has 1 aromatic rings. The molecule has 0 amide bonds. The maximum Gasteiger partial charge on any atom is 0.225 e. The van der Waals surface area contributed by atoms with Crippen molar-refractivity contribution in [1.29, 1.82) is 0 Å². The van der Waals surface area contributed by atoms with Crippen LogP contribution in [-0.2, 0) is 0 Å². The van der Waals surface area contributed by atoms with Crippen LogP contribution in [0.4, 0.5) is 5.95 Å². The van der Waals surface area contributed by atoms with Gasteiger partial charge in [-0.3, -0.25) is 4.57 Å². The molecule has 0 aromatic carbocycles. The summed E-state index contributed by atoms with van der Waals surface area (Å²) in [6.07, 6.45) is 5.49. The van der Waals surface area contributed by atoms with Gasteiger partial charge in [0.05, 0.1) is 0 Å². The monoisotopic (exact) mass is 254 g/mol. The first kappa shape index (κ1) is 12.6. The maximum absolute atomic E-state index is 5.27. The van der Waals surface area contributed by atoms with Gasteiger partial charge in [0.25, 0.3) is 0 Å². The first-order valence-electron chi connectivity index (χ1n) is 6.47. The van der Waals surface area contributed by atoms with Crippen LogP contribution >= 0.6 is 12.2 Å². The molecule has 0 unspecified atom stereocenters. The number of nitrogens with one attached hydrogen (secondary N) is 1. The third-order valence-electron chi connectivity index (χ3n) is 3.55. The van der Waals surface area contributed by atoms with Crippen molar-refractivity contribution >= 4 is 18.2 Å². The van der Waals surface area contributed by atoms with Gasteiger partial charge in [-0.15, -0.1) is 5.10 Å². The van der Waals surface area contributed by atoms with E-state index >= 15 is 0 Å². The van der Waals surface area contributed by atoms with Crippen LogP contribution in [0.15, 0.2) is 0 Å². The average Bonchev–Trinajstić information content (AvgIpc) is 2.86. The van der Waals surface area contributed by atoms with E-state index in [1.165, 1.54) is 25.7 Å². The molecule has 0 aliphatic heterocycles.